The van der Waals surface area contributed by atoms with Crippen molar-refractivity contribution in [2.24, 2.45) is 11.8 Å². The van der Waals surface area contributed by atoms with Crippen LogP contribution >= 0.6 is 0 Å². The quantitative estimate of drug-likeness (QED) is 0.821. The van der Waals surface area contributed by atoms with Gasteiger partial charge in [0, 0.05) is 38.1 Å². The lowest BCUT2D eigenvalue weighted by Crippen LogP contribution is -2.47. The summed E-state index contributed by atoms with van der Waals surface area (Å²) < 4.78 is 20.9. The summed E-state index contributed by atoms with van der Waals surface area (Å²) in [7, 11) is 0. The van der Waals surface area contributed by atoms with E-state index in [4.69, 9.17) is 4.74 Å². The molecule has 1 aromatic rings. The predicted octanol–water partition coefficient (Wildman–Crippen LogP) is 1.73. The molecule has 6 nitrogen and oxygen atoms in total. The zero-order valence-electron chi connectivity index (χ0n) is 14.2. The van der Waals surface area contributed by atoms with Gasteiger partial charge in [-0.05, 0) is 38.5 Å². The number of fused-ring (bicyclic) bond motifs is 1. The number of aromatic nitrogens is 3. The molecule has 0 saturated heterocycles. The molecule has 24 heavy (non-hydrogen) atoms. The van der Waals surface area contributed by atoms with Gasteiger partial charge in [0.25, 0.3) is 0 Å². The maximum Gasteiger partial charge on any atom is 0.226 e. The topological polar surface area (TPSA) is 60.3 Å². The molecule has 2 saturated carbocycles. The average Bonchev–Trinajstić information content (AvgIpc) is 3.30. The minimum absolute atomic E-state index is 0.0712. The normalized spacial score (nSPS) is 29.8. The number of rotatable bonds is 5. The molecule has 2 heterocycles. The number of amides is 1. The smallest absolute Gasteiger partial charge is 0.226 e. The van der Waals surface area contributed by atoms with Gasteiger partial charge >= 0.3 is 0 Å². The number of carbonyl (C=O) groups is 1. The van der Waals surface area contributed by atoms with Crippen molar-refractivity contribution in [1.29, 1.82) is 0 Å². The molecule has 0 radical (unpaired) electrons. The Bertz CT molecular complexity index is 610. The Morgan fingerprint density at radius 3 is 2.79 bits per heavy atom. The lowest BCUT2D eigenvalue weighted by molar-refractivity contribution is -0.142. The molecule has 1 aromatic heterocycles. The van der Waals surface area contributed by atoms with Crippen molar-refractivity contribution in [3.63, 3.8) is 0 Å². The lowest BCUT2D eigenvalue weighted by atomic mass is 9.82. The minimum atomic E-state index is -0.795. The second-order valence-corrected chi connectivity index (χ2v) is 7.49. The van der Waals surface area contributed by atoms with Gasteiger partial charge < -0.3 is 14.2 Å². The average molecular weight is 336 g/mol. The number of ether oxygens (including phenoxy) is 1. The number of halogens is 1. The maximum absolute atomic E-state index is 13.1. The van der Waals surface area contributed by atoms with Gasteiger partial charge in [0.2, 0.25) is 5.91 Å². The Labute approximate surface area is 141 Å². The van der Waals surface area contributed by atoms with Crippen LogP contribution in [0.2, 0.25) is 0 Å². The van der Waals surface area contributed by atoms with Crippen LogP contribution in [0.25, 0.3) is 0 Å². The number of nitrogens with zero attached hydrogens (tertiary/aromatic N) is 4. The van der Waals surface area contributed by atoms with E-state index < -0.39 is 6.17 Å². The minimum Gasteiger partial charge on any atom is -0.373 e. The van der Waals surface area contributed by atoms with Crippen molar-refractivity contribution in [2.75, 3.05) is 13.2 Å². The third-order valence-corrected chi connectivity index (χ3v) is 5.47. The van der Waals surface area contributed by atoms with Crippen molar-refractivity contribution in [2.45, 2.75) is 64.4 Å². The second-order valence-electron chi connectivity index (χ2n) is 7.49. The summed E-state index contributed by atoms with van der Waals surface area (Å²) in [5.41, 5.74) is 0. The highest BCUT2D eigenvalue weighted by Gasteiger charge is 2.39. The van der Waals surface area contributed by atoms with E-state index in [-0.39, 0.29) is 17.9 Å². The molecular formula is C17H25FN4O2. The van der Waals surface area contributed by atoms with Crippen LogP contribution in [0.15, 0.2) is 0 Å². The van der Waals surface area contributed by atoms with Crippen LogP contribution in [0, 0.1) is 11.8 Å². The molecule has 1 atom stereocenters. The highest BCUT2D eigenvalue weighted by molar-refractivity contribution is 5.80. The summed E-state index contributed by atoms with van der Waals surface area (Å²) in [5, 5.41) is 8.57. The van der Waals surface area contributed by atoms with Crippen LogP contribution in [-0.4, -0.2) is 50.9 Å². The van der Waals surface area contributed by atoms with Gasteiger partial charge in [0.05, 0.1) is 0 Å². The van der Waals surface area contributed by atoms with Crippen molar-refractivity contribution in [3.8, 4) is 0 Å². The highest BCUT2D eigenvalue weighted by Crippen LogP contribution is 2.33. The zero-order chi connectivity index (χ0) is 16.7. The fraction of sp³-hybridized carbons (Fsp3) is 0.824. The summed E-state index contributed by atoms with van der Waals surface area (Å²) in [6.45, 7) is 4.64. The molecule has 3 aliphatic rings. The van der Waals surface area contributed by atoms with Crippen LogP contribution in [-0.2, 0) is 29.1 Å². The monoisotopic (exact) mass is 336 g/mol. The zero-order valence-corrected chi connectivity index (χ0v) is 14.2. The Morgan fingerprint density at radius 1 is 1.29 bits per heavy atom. The molecule has 0 spiro atoms. The van der Waals surface area contributed by atoms with Gasteiger partial charge in [-0.1, -0.05) is 0 Å². The summed E-state index contributed by atoms with van der Waals surface area (Å²) in [4.78, 5) is 14.5. The van der Waals surface area contributed by atoms with Gasteiger partial charge in [0.1, 0.15) is 18.6 Å². The fourth-order valence-electron chi connectivity index (χ4n) is 3.60. The van der Waals surface area contributed by atoms with E-state index in [1.165, 1.54) is 12.8 Å². The van der Waals surface area contributed by atoms with E-state index in [1.54, 1.807) is 0 Å². The van der Waals surface area contributed by atoms with Crippen LogP contribution in [0.4, 0.5) is 4.39 Å². The first-order valence-corrected chi connectivity index (χ1v) is 9.05. The van der Waals surface area contributed by atoms with Gasteiger partial charge in [0.15, 0.2) is 5.82 Å². The number of carbonyl (C=O) groups excluding carboxylic acids is 1. The molecule has 0 N–H and O–H groups in total. The molecule has 132 valence electrons. The van der Waals surface area contributed by atoms with Gasteiger partial charge in [-0.2, -0.15) is 0 Å². The van der Waals surface area contributed by atoms with Crippen LogP contribution in [0.3, 0.4) is 0 Å². The molecular weight excluding hydrogens is 311 g/mol. The van der Waals surface area contributed by atoms with Crippen molar-refractivity contribution < 1.29 is 13.9 Å². The maximum atomic E-state index is 13.1. The molecule has 2 aliphatic carbocycles. The van der Waals surface area contributed by atoms with Crippen LogP contribution in [0.5, 0.6) is 0 Å². The lowest BCUT2D eigenvalue weighted by Gasteiger charge is -2.35. The summed E-state index contributed by atoms with van der Waals surface area (Å²) in [6, 6.07) is 0.0712. The largest absolute Gasteiger partial charge is 0.373 e. The Morgan fingerprint density at radius 2 is 2.08 bits per heavy atom. The van der Waals surface area contributed by atoms with Crippen molar-refractivity contribution in [1.82, 2.24) is 19.7 Å². The number of hydrogen-bond donors (Lipinski definition) is 0. The van der Waals surface area contributed by atoms with Crippen molar-refractivity contribution in [3.05, 3.63) is 11.6 Å². The standard InChI is InChI=1S/C17H25FN4O2/c1-11-6-15-19-20-16(10-24-9-12-2-3-12)22(15)5-4-21(11)17(23)13-7-14(18)8-13/h11-14H,2-10H2,1H3/t11-,13?,14?/m0/s1. The molecule has 0 aromatic carbocycles. The van der Waals surface area contributed by atoms with E-state index in [2.05, 4.69) is 14.8 Å². The Kier molecular flexibility index (Phi) is 4.28. The Hall–Kier alpha value is -1.50. The fourth-order valence-corrected chi connectivity index (χ4v) is 3.60. The first-order valence-electron chi connectivity index (χ1n) is 9.05. The molecule has 1 aliphatic heterocycles. The third-order valence-electron chi connectivity index (χ3n) is 5.47. The van der Waals surface area contributed by atoms with E-state index in [9.17, 15) is 9.18 Å². The second kappa shape index (κ2) is 6.43. The summed E-state index contributed by atoms with van der Waals surface area (Å²) in [6.07, 6.45) is 3.20. The van der Waals surface area contributed by atoms with Crippen molar-refractivity contribution >= 4 is 5.91 Å². The SMILES string of the molecule is C[C@H]1Cc2nnc(COCC3CC3)n2CCN1C(=O)C1CC(F)C1. The summed E-state index contributed by atoms with van der Waals surface area (Å²) in [5.74, 6) is 2.46. The molecule has 1 amide bonds. The van der Waals surface area contributed by atoms with E-state index in [0.717, 1.165) is 24.2 Å². The molecule has 0 unspecified atom stereocenters. The molecule has 7 heteroatoms. The van der Waals surface area contributed by atoms with E-state index in [0.29, 0.717) is 39.0 Å². The number of hydrogen-bond acceptors (Lipinski definition) is 4. The van der Waals surface area contributed by atoms with E-state index in [1.807, 2.05) is 11.8 Å². The summed E-state index contributed by atoms with van der Waals surface area (Å²) >= 11 is 0. The molecule has 2 fully saturated rings. The predicted molar refractivity (Wildman–Crippen MR) is 84.9 cm³/mol. The number of alkyl halides is 1. The van der Waals surface area contributed by atoms with Gasteiger partial charge in [-0.15, -0.1) is 10.2 Å². The molecule has 0 bridgehead atoms. The Balaban J connectivity index is 1.39. The first kappa shape index (κ1) is 16.0. The van der Waals surface area contributed by atoms with Crippen LogP contribution in [0.1, 0.15) is 44.3 Å². The third kappa shape index (κ3) is 3.18. The van der Waals surface area contributed by atoms with Crippen LogP contribution < -0.4 is 0 Å². The van der Waals surface area contributed by atoms with Gasteiger partial charge in [-0.25, -0.2) is 4.39 Å². The molecule has 4 rings (SSSR count). The first-order chi connectivity index (χ1) is 11.6. The van der Waals surface area contributed by atoms with Gasteiger partial charge in [-0.3, -0.25) is 4.79 Å². The highest BCUT2D eigenvalue weighted by atomic mass is 19.1. The van der Waals surface area contributed by atoms with E-state index >= 15 is 0 Å².